The van der Waals surface area contributed by atoms with Crippen LogP contribution >= 0.6 is 0 Å². The lowest BCUT2D eigenvalue weighted by Crippen LogP contribution is -2.00. The van der Waals surface area contributed by atoms with Crippen molar-refractivity contribution >= 4 is 11.5 Å². The van der Waals surface area contributed by atoms with Crippen molar-refractivity contribution in [2.24, 2.45) is 0 Å². The van der Waals surface area contributed by atoms with Crippen molar-refractivity contribution in [3.8, 4) is 0 Å². The Morgan fingerprint density at radius 1 is 1.38 bits per heavy atom. The molecule has 0 amide bonds. The number of carboxylic acid groups (broad SMARTS) is 1. The fourth-order valence-corrected chi connectivity index (χ4v) is 1.76. The van der Waals surface area contributed by atoms with Crippen molar-refractivity contribution in [1.29, 1.82) is 0 Å². The quantitative estimate of drug-likeness (QED) is 0.707. The minimum Gasteiger partial charge on any atom is -0.478 e. The second-order valence-electron chi connectivity index (χ2n) is 3.24. The van der Waals surface area contributed by atoms with Gasteiger partial charge in [-0.15, -0.1) is 0 Å². The third kappa shape index (κ3) is 1.15. The maximum Gasteiger partial charge on any atom is 0.332 e. The molecule has 2 heteroatoms. The molecule has 13 heavy (non-hydrogen) atoms. The minimum absolute atomic E-state index is 0.529. The highest BCUT2D eigenvalue weighted by Gasteiger charge is 2.21. The van der Waals surface area contributed by atoms with E-state index in [-0.39, 0.29) is 0 Å². The Kier molecular flexibility index (Phi) is 1.69. The largest absolute Gasteiger partial charge is 0.478 e. The molecule has 1 aromatic carbocycles. The molecule has 0 saturated carbocycles. The Bertz CT molecular complexity index is 402. The number of hydrogen-bond acceptors (Lipinski definition) is 1. The molecule has 2 nitrogen and oxygen atoms in total. The SMILES string of the molecule is CC1=C(C(=O)O)Cc2ccccc21. The lowest BCUT2D eigenvalue weighted by Gasteiger charge is -1.97. The summed E-state index contributed by atoms with van der Waals surface area (Å²) in [7, 11) is 0. The van der Waals surface area contributed by atoms with Crippen molar-refractivity contribution in [2.75, 3.05) is 0 Å². The molecule has 1 N–H and O–H groups in total. The molecule has 2 rings (SSSR count). The Labute approximate surface area is 76.5 Å². The van der Waals surface area contributed by atoms with Crippen LogP contribution in [0.2, 0.25) is 0 Å². The van der Waals surface area contributed by atoms with E-state index in [4.69, 9.17) is 5.11 Å². The smallest absolute Gasteiger partial charge is 0.332 e. The van der Waals surface area contributed by atoms with Gasteiger partial charge in [-0.25, -0.2) is 4.79 Å². The van der Waals surface area contributed by atoms with Crippen LogP contribution in [-0.2, 0) is 11.2 Å². The van der Waals surface area contributed by atoms with E-state index >= 15 is 0 Å². The lowest BCUT2D eigenvalue weighted by atomic mass is 10.1. The van der Waals surface area contributed by atoms with Gasteiger partial charge in [0.2, 0.25) is 0 Å². The molecule has 66 valence electrons. The lowest BCUT2D eigenvalue weighted by molar-refractivity contribution is -0.132. The van der Waals surface area contributed by atoms with Crippen LogP contribution < -0.4 is 0 Å². The van der Waals surface area contributed by atoms with E-state index in [9.17, 15) is 4.79 Å². The molecule has 1 aromatic rings. The fourth-order valence-electron chi connectivity index (χ4n) is 1.76. The van der Waals surface area contributed by atoms with Gasteiger partial charge in [0.15, 0.2) is 0 Å². The van der Waals surface area contributed by atoms with E-state index in [0.29, 0.717) is 12.0 Å². The zero-order valence-corrected chi connectivity index (χ0v) is 7.37. The van der Waals surface area contributed by atoms with Gasteiger partial charge in [-0.3, -0.25) is 0 Å². The van der Waals surface area contributed by atoms with E-state index in [1.165, 1.54) is 0 Å². The summed E-state index contributed by atoms with van der Waals surface area (Å²) in [6, 6.07) is 7.83. The van der Waals surface area contributed by atoms with Gasteiger partial charge in [-0.2, -0.15) is 0 Å². The molecule has 0 spiro atoms. The van der Waals surface area contributed by atoms with Gasteiger partial charge in [-0.05, 0) is 23.6 Å². The third-order valence-corrected chi connectivity index (χ3v) is 2.50. The minimum atomic E-state index is -0.797. The zero-order chi connectivity index (χ0) is 9.42. The molecule has 0 radical (unpaired) electrons. The highest BCUT2D eigenvalue weighted by atomic mass is 16.4. The highest BCUT2D eigenvalue weighted by Crippen LogP contribution is 2.31. The van der Waals surface area contributed by atoms with E-state index < -0.39 is 5.97 Å². The summed E-state index contributed by atoms with van der Waals surface area (Å²) in [5.41, 5.74) is 3.64. The molecule has 1 aliphatic rings. The van der Waals surface area contributed by atoms with E-state index in [1.54, 1.807) is 0 Å². The van der Waals surface area contributed by atoms with Gasteiger partial charge in [-0.1, -0.05) is 24.3 Å². The van der Waals surface area contributed by atoms with Crippen molar-refractivity contribution in [1.82, 2.24) is 0 Å². The summed E-state index contributed by atoms with van der Waals surface area (Å²) in [5.74, 6) is -0.797. The van der Waals surface area contributed by atoms with Crippen molar-refractivity contribution in [2.45, 2.75) is 13.3 Å². The van der Waals surface area contributed by atoms with Crippen LogP contribution in [0.5, 0.6) is 0 Å². The van der Waals surface area contributed by atoms with Gasteiger partial charge < -0.3 is 5.11 Å². The maximum atomic E-state index is 10.8. The predicted molar refractivity (Wildman–Crippen MR) is 50.4 cm³/mol. The number of carbonyl (C=O) groups is 1. The number of hydrogen-bond donors (Lipinski definition) is 1. The number of rotatable bonds is 1. The summed E-state index contributed by atoms with van der Waals surface area (Å²) in [6.07, 6.45) is 0.567. The Balaban J connectivity index is 2.53. The Morgan fingerprint density at radius 3 is 2.69 bits per heavy atom. The van der Waals surface area contributed by atoms with Crippen LogP contribution in [0.1, 0.15) is 18.1 Å². The first kappa shape index (κ1) is 8.05. The monoisotopic (exact) mass is 174 g/mol. The second-order valence-corrected chi connectivity index (χ2v) is 3.24. The van der Waals surface area contributed by atoms with Crippen LogP contribution in [0.15, 0.2) is 29.8 Å². The molecule has 0 bridgehead atoms. The Morgan fingerprint density at radius 2 is 2.08 bits per heavy atom. The van der Waals surface area contributed by atoms with Gasteiger partial charge in [0.25, 0.3) is 0 Å². The first-order chi connectivity index (χ1) is 6.20. The van der Waals surface area contributed by atoms with Crippen molar-refractivity contribution in [3.63, 3.8) is 0 Å². The second kappa shape index (κ2) is 2.73. The molecule has 0 atom stereocenters. The summed E-state index contributed by atoms with van der Waals surface area (Å²) in [4.78, 5) is 10.8. The van der Waals surface area contributed by atoms with Gasteiger partial charge in [0.05, 0.1) is 0 Å². The standard InChI is InChI=1S/C11H10O2/c1-7-9-5-3-2-4-8(9)6-10(7)11(12)13/h2-5H,6H2,1H3,(H,12,13). The van der Waals surface area contributed by atoms with Crippen LogP contribution in [0.3, 0.4) is 0 Å². The van der Waals surface area contributed by atoms with Crippen LogP contribution in [0.25, 0.3) is 5.57 Å². The van der Waals surface area contributed by atoms with E-state index in [0.717, 1.165) is 16.7 Å². The van der Waals surface area contributed by atoms with Crippen LogP contribution in [-0.4, -0.2) is 11.1 Å². The van der Waals surface area contributed by atoms with E-state index in [2.05, 4.69) is 0 Å². The maximum absolute atomic E-state index is 10.8. The van der Waals surface area contributed by atoms with Crippen LogP contribution in [0, 0.1) is 0 Å². The third-order valence-electron chi connectivity index (χ3n) is 2.50. The molecule has 1 aliphatic carbocycles. The average Bonchev–Trinajstić information content (AvgIpc) is 2.45. The zero-order valence-electron chi connectivity index (χ0n) is 7.37. The van der Waals surface area contributed by atoms with E-state index in [1.807, 2.05) is 31.2 Å². The fraction of sp³-hybridized carbons (Fsp3) is 0.182. The molecule has 0 fully saturated rings. The van der Waals surface area contributed by atoms with Gasteiger partial charge in [0.1, 0.15) is 0 Å². The summed E-state index contributed by atoms with van der Waals surface area (Å²) < 4.78 is 0. The summed E-state index contributed by atoms with van der Waals surface area (Å²) in [5, 5.41) is 8.90. The van der Waals surface area contributed by atoms with Crippen molar-refractivity contribution < 1.29 is 9.90 Å². The number of benzene rings is 1. The van der Waals surface area contributed by atoms with Gasteiger partial charge in [0, 0.05) is 12.0 Å². The Hall–Kier alpha value is -1.57. The first-order valence-corrected chi connectivity index (χ1v) is 4.21. The number of fused-ring (bicyclic) bond motifs is 1. The molecular weight excluding hydrogens is 164 g/mol. The van der Waals surface area contributed by atoms with Gasteiger partial charge >= 0.3 is 5.97 Å². The molecule has 0 saturated heterocycles. The molecule has 0 aromatic heterocycles. The molecule has 0 heterocycles. The van der Waals surface area contributed by atoms with Crippen LogP contribution in [0.4, 0.5) is 0 Å². The number of aliphatic carboxylic acids is 1. The summed E-state index contributed by atoms with van der Waals surface area (Å²) in [6.45, 7) is 1.87. The highest BCUT2D eigenvalue weighted by molar-refractivity contribution is 5.99. The topological polar surface area (TPSA) is 37.3 Å². The molecular formula is C11H10O2. The number of allylic oxidation sites excluding steroid dienone is 1. The first-order valence-electron chi connectivity index (χ1n) is 4.21. The average molecular weight is 174 g/mol. The summed E-state index contributed by atoms with van der Waals surface area (Å²) >= 11 is 0. The number of carboxylic acids is 1. The predicted octanol–water partition coefficient (Wildman–Crippen LogP) is 2.10. The normalized spacial score (nSPS) is 14.5. The molecule has 0 unspecified atom stereocenters. The van der Waals surface area contributed by atoms with Crippen molar-refractivity contribution in [3.05, 3.63) is 41.0 Å². The molecule has 0 aliphatic heterocycles.